The summed E-state index contributed by atoms with van der Waals surface area (Å²) in [5.41, 5.74) is 3.35. The van der Waals surface area contributed by atoms with Gasteiger partial charge in [0.25, 0.3) is 0 Å². The van der Waals surface area contributed by atoms with Gasteiger partial charge in [0, 0.05) is 12.2 Å². The highest BCUT2D eigenvalue weighted by atomic mass is 31.2. The Labute approximate surface area is 169 Å². The third-order valence-electron chi connectivity index (χ3n) is 5.18. The van der Waals surface area contributed by atoms with E-state index in [1.165, 1.54) is 5.56 Å². The lowest BCUT2D eigenvalue weighted by Crippen LogP contribution is -2.36. The van der Waals surface area contributed by atoms with E-state index in [1.807, 2.05) is 24.3 Å². The third kappa shape index (κ3) is 4.86. The molecule has 0 amide bonds. The van der Waals surface area contributed by atoms with Crippen LogP contribution in [0.25, 0.3) is 0 Å². The Bertz CT molecular complexity index is 766. The minimum Gasteiger partial charge on any atom is -0.353 e. The van der Waals surface area contributed by atoms with Crippen molar-refractivity contribution in [3.05, 3.63) is 65.7 Å². The van der Waals surface area contributed by atoms with Crippen LogP contribution in [0.3, 0.4) is 0 Å². The summed E-state index contributed by atoms with van der Waals surface area (Å²) in [4.78, 5) is 2.21. The first kappa shape index (κ1) is 21.1. The lowest BCUT2D eigenvalue weighted by molar-refractivity contribution is 0.191. The van der Waals surface area contributed by atoms with E-state index in [-0.39, 0.29) is 0 Å². The lowest BCUT2D eigenvalue weighted by atomic mass is 9.99. The predicted octanol–water partition coefficient (Wildman–Crippen LogP) is 6.57. The second-order valence-electron chi connectivity index (χ2n) is 7.26. The smallest absolute Gasteiger partial charge is 0.353 e. The molecule has 2 aromatic rings. The number of rotatable bonds is 10. The zero-order chi connectivity index (χ0) is 19.8. The van der Waals surface area contributed by atoms with Crippen LogP contribution >= 0.6 is 7.60 Å². The van der Waals surface area contributed by atoms with Crippen LogP contribution in [0.5, 0.6) is 0 Å². The number of para-hydroxylation sites is 1. The minimum absolute atomic E-state index is 0.409. The fourth-order valence-electron chi connectivity index (χ4n) is 3.63. The molecule has 4 nitrogen and oxygen atoms in total. The molecule has 2 aromatic carbocycles. The maximum Gasteiger partial charge on any atom is 0.357 e. The molecule has 1 aliphatic rings. The van der Waals surface area contributed by atoms with Crippen LogP contribution in [-0.2, 0) is 20.0 Å². The van der Waals surface area contributed by atoms with Crippen LogP contribution in [0.15, 0.2) is 54.6 Å². The number of hydrogen-bond acceptors (Lipinski definition) is 4. The van der Waals surface area contributed by atoms with Crippen molar-refractivity contribution < 1.29 is 13.6 Å². The molecule has 0 bridgehead atoms. The van der Waals surface area contributed by atoms with Gasteiger partial charge in [-0.1, -0.05) is 69.2 Å². The van der Waals surface area contributed by atoms with E-state index in [0.29, 0.717) is 13.2 Å². The van der Waals surface area contributed by atoms with Crippen molar-refractivity contribution in [1.29, 1.82) is 0 Å². The second kappa shape index (κ2) is 10.2. The van der Waals surface area contributed by atoms with Gasteiger partial charge in [0.2, 0.25) is 0 Å². The number of benzene rings is 2. The first-order chi connectivity index (χ1) is 13.7. The molecule has 0 N–H and O–H groups in total. The van der Waals surface area contributed by atoms with Gasteiger partial charge in [0.05, 0.1) is 13.2 Å². The van der Waals surface area contributed by atoms with Crippen LogP contribution in [0.2, 0.25) is 0 Å². The van der Waals surface area contributed by atoms with E-state index in [2.05, 4.69) is 49.1 Å². The largest absolute Gasteiger partial charge is 0.357 e. The predicted molar refractivity (Wildman–Crippen MR) is 116 cm³/mol. The van der Waals surface area contributed by atoms with Crippen LogP contribution in [-0.4, -0.2) is 19.8 Å². The molecule has 0 fully saturated rings. The van der Waals surface area contributed by atoms with E-state index in [0.717, 1.165) is 49.9 Å². The van der Waals surface area contributed by atoms with Crippen molar-refractivity contribution in [3.8, 4) is 0 Å². The van der Waals surface area contributed by atoms with E-state index in [9.17, 15) is 4.57 Å². The maximum absolute atomic E-state index is 14.2. The molecule has 3 rings (SSSR count). The normalized spacial score (nSPS) is 16.8. The van der Waals surface area contributed by atoms with Gasteiger partial charge in [-0.25, -0.2) is 0 Å². The van der Waals surface area contributed by atoms with Gasteiger partial charge in [-0.2, -0.15) is 0 Å². The van der Waals surface area contributed by atoms with Crippen molar-refractivity contribution in [2.45, 2.75) is 51.7 Å². The fraction of sp³-hybridized carbons (Fsp3) is 0.478. The number of anilines is 1. The molecular formula is C23H32NO3P. The third-order valence-corrected chi connectivity index (χ3v) is 7.42. The van der Waals surface area contributed by atoms with Crippen molar-refractivity contribution in [2.24, 2.45) is 0 Å². The number of unbranched alkanes of at least 4 members (excludes halogenated alkanes) is 2. The van der Waals surface area contributed by atoms with Gasteiger partial charge in [-0.15, -0.1) is 0 Å². The summed E-state index contributed by atoms with van der Waals surface area (Å²) in [7, 11) is -3.38. The Morgan fingerprint density at radius 1 is 0.929 bits per heavy atom. The van der Waals surface area contributed by atoms with Crippen molar-refractivity contribution >= 4 is 13.3 Å². The summed E-state index contributed by atoms with van der Waals surface area (Å²) in [6, 6.07) is 18.5. The molecule has 0 saturated carbocycles. The summed E-state index contributed by atoms with van der Waals surface area (Å²) in [5.74, 6) is -0.409. The first-order valence-electron chi connectivity index (χ1n) is 10.5. The van der Waals surface area contributed by atoms with E-state index in [4.69, 9.17) is 9.05 Å². The molecule has 152 valence electrons. The van der Waals surface area contributed by atoms with Crippen molar-refractivity contribution in [1.82, 2.24) is 0 Å². The number of hydrogen-bond donors (Lipinski definition) is 0. The van der Waals surface area contributed by atoms with Gasteiger partial charge < -0.3 is 13.9 Å². The summed E-state index contributed by atoms with van der Waals surface area (Å²) in [6.45, 7) is 5.93. The monoisotopic (exact) mass is 401 g/mol. The van der Waals surface area contributed by atoms with E-state index < -0.39 is 13.4 Å². The highest BCUT2D eigenvalue weighted by Crippen LogP contribution is 2.64. The molecule has 0 saturated heterocycles. The Balaban J connectivity index is 2.01. The highest BCUT2D eigenvalue weighted by molar-refractivity contribution is 7.54. The van der Waals surface area contributed by atoms with E-state index >= 15 is 0 Å². The topological polar surface area (TPSA) is 38.8 Å². The van der Waals surface area contributed by atoms with Gasteiger partial charge in [-0.05, 0) is 42.5 Å². The molecular weight excluding hydrogens is 369 g/mol. The van der Waals surface area contributed by atoms with Crippen LogP contribution in [0.1, 0.15) is 56.4 Å². The zero-order valence-electron chi connectivity index (χ0n) is 17.0. The summed E-state index contributed by atoms with van der Waals surface area (Å²) < 4.78 is 26.3. The molecule has 1 atom stereocenters. The first-order valence-corrected chi connectivity index (χ1v) is 12.1. The van der Waals surface area contributed by atoms with Gasteiger partial charge in [0.1, 0.15) is 0 Å². The Kier molecular flexibility index (Phi) is 7.73. The van der Waals surface area contributed by atoms with Crippen LogP contribution in [0.4, 0.5) is 5.69 Å². The molecule has 0 aliphatic carbocycles. The van der Waals surface area contributed by atoms with E-state index in [1.54, 1.807) is 0 Å². The molecule has 0 spiro atoms. The summed E-state index contributed by atoms with van der Waals surface area (Å²) in [6.07, 6.45) is 4.67. The quantitative estimate of drug-likeness (QED) is 0.333. The molecule has 0 radical (unpaired) electrons. The van der Waals surface area contributed by atoms with Crippen molar-refractivity contribution in [3.63, 3.8) is 0 Å². The molecule has 1 heterocycles. The zero-order valence-corrected chi connectivity index (χ0v) is 17.9. The van der Waals surface area contributed by atoms with Gasteiger partial charge in [-0.3, -0.25) is 4.57 Å². The number of fused-ring (bicyclic) bond motifs is 1. The SMILES string of the molecule is CCCCOP(=O)(OCCCC)C1c2ccccc2CCN1c1ccccc1. The molecule has 1 unspecified atom stereocenters. The molecule has 28 heavy (non-hydrogen) atoms. The Morgan fingerprint density at radius 2 is 1.54 bits per heavy atom. The van der Waals surface area contributed by atoms with Gasteiger partial charge >= 0.3 is 7.60 Å². The van der Waals surface area contributed by atoms with Gasteiger partial charge in [0.15, 0.2) is 5.78 Å². The molecule has 1 aliphatic heterocycles. The fourth-order valence-corrected chi connectivity index (χ4v) is 5.93. The number of nitrogens with zero attached hydrogens (tertiary/aromatic N) is 1. The lowest BCUT2D eigenvalue weighted by Gasteiger charge is -2.41. The Morgan fingerprint density at radius 3 is 2.18 bits per heavy atom. The van der Waals surface area contributed by atoms with Crippen LogP contribution < -0.4 is 4.90 Å². The standard InChI is InChI=1S/C23H32NO3P/c1-3-5-18-26-28(25,27-19-6-4-2)23-22-15-11-10-12-20(22)16-17-24(23)21-13-8-7-9-14-21/h7-15,23H,3-6,16-19H2,1-2H3. The highest BCUT2D eigenvalue weighted by Gasteiger charge is 2.44. The summed E-state index contributed by atoms with van der Waals surface area (Å²) in [5, 5.41) is 0. The molecule has 5 heteroatoms. The second-order valence-corrected chi connectivity index (χ2v) is 9.35. The minimum atomic E-state index is -3.38. The van der Waals surface area contributed by atoms with Crippen molar-refractivity contribution in [2.75, 3.05) is 24.7 Å². The average Bonchev–Trinajstić information content (AvgIpc) is 2.74. The van der Waals surface area contributed by atoms with Crippen LogP contribution in [0, 0.1) is 0 Å². The molecule has 0 aromatic heterocycles. The maximum atomic E-state index is 14.2. The summed E-state index contributed by atoms with van der Waals surface area (Å²) >= 11 is 0. The Hall–Kier alpha value is -1.61. The average molecular weight is 401 g/mol.